The number of rotatable bonds is 7. The van der Waals surface area contributed by atoms with Gasteiger partial charge in [-0.05, 0) is 57.3 Å². The molecule has 0 spiro atoms. The summed E-state index contributed by atoms with van der Waals surface area (Å²) in [5.74, 6) is 1.60. The van der Waals surface area contributed by atoms with Crippen LogP contribution in [0.2, 0.25) is 0 Å². The fourth-order valence-corrected chi connectivity index (χ4v) is 4.32. The number of hydrogen-bond donors (Lipinski definition) is 2. The van der Waals surface area contributed by atoms with Crippen LogP contribution in [0.1, 0.15) is 19.9 Å². The van der Waals surface area contributed by atoms with Crippen LogP contribution in [0.5, 0.6) is 5.88 Å². The zero-order chi connectivity index (χ0) is 24.4. The largest absolute Gasteiger partial charge is 0.479 e. The molecule has 2 aromatic carbocycles. The third kappa shape index (κ3) is 4.85. The molecule has 0 atom stereocenters. The van der Waals surface area contributed by atoms with Gasteiger partial charge in [-0.1, -0.05) is 18.2 Å². The number of likely N-dealkylation sites (N-methyl/N-ethyl adjacent to an activating group) is 1. The Hall–Kier alpha value is -3.85. The van der Waals surface area contributed by atoms with Crippen LogP contribution in [0.25, 0.3) is 11.2 Å². The highest BCUT2D eigenvalue weighted by Gasteiger charge is 2.21. The second kappa shape index (κ2) is 9.79. The van der Waals surface area contributed by atoms with Crippen LogP contribution in [-0.2, 0) is 0 Å². The molecule has 5 rings (SSSR count). The van der Waals surface area contributed by atoms with E-state index in [4.69, 9.17) is 14.7 Å². The molecule has 0 aliphatic carbocycles. The predicted octanol–water partition coefficient (Wildman–Crippen LogP) is 4.65. The molecule has 1 fully saturated rings. The Morgan fingerprint density at radius 1 is 0.829 bits per heavy atom. The normalized spacial score (nSPS) is 14.5. The molecule has 4 aromatic rings. The number of nitrogens with one attached hydrogen (secondary N) is 2. The second-order valence-corrected chi connectivity index (χ2v) is 9.08. The van der Waals surface area contributed by atoms with Gasteiger partial charge >= 0.3 is 0 Å². The second-order valence-electron chi connectivity index (χ2n) is 9.08. The number of nitrogens with zero attached hydrogens (tertiary/aromatic N) is 6. The van der Waals surface area contributed by atoms with E-state index < -0.39 is 0 Å². The van der Waals surface area contributed by atoms with Gasteiger partial charge in [-0.25, -0.2) is 4.98 Å². The molecule has 0 unspecified atom stereocenters. The smallest absolute Gasteiger partial charge is 0.247 e. The number of hydrogen-bond acceptors (Lipinski definition) is 8. The summed E-state index contributed by atoms with van der Waals surface area (Å²) in [7, 11) is 3.77. The van der Waals surface area contributed by atoms with Gasteiger partial charge in [-0.15, -0.1) is 0 Å². The zero-order valence-corrected chi connectivity index (χ0v) is 20.7. The summed E-state index contributed by atoms with van der Waals surface area (Å²) < 4.78 is 7.67. The van der Waals surface area contributed by atoms with Gasteiger partial charge in [0.1, 0.15) is 0 Å². The van der Waals surface area contributed by atoms with Gasteiger partial charge in [0.15, 0.2) is 11.2 Å². The van der Waals surface area contributed by atoms with Crippen LogP contribution in [-0.4, -0.2) is 64.8 Å². The number of ether oxygens (including phenoxy) is 1. The van der Waals surface area contributed by atoms with E-state index in [1.54, 1.807) is 7.11 Å². The third-order valence-electron chi connectivity index (χ3n) is 6.24. The minimum atomic E-state index is 0.126. The summed E-state index contributed by atoms with van der Waals surface area (Å²) in [6, 6.07) is 18.5. The molecule has 0 amide bonds. The Kier molecular flexibility index (Phi) is 6.41. The molecule has 182 valence electrons. The molecular formula is C26H32N8O. The number of anilines is 5. The number of benzene rings is 2. The summed E-state index contributed by atoms with van der Waals surface area (Å²) in [5.41, 5.74) is 4.43. The highest BCUT2D eigenvalue weighted by Crippen LogP contribution is 2.31. The Labute approximate surface area is 205 Å². The van der Waals surface area contributed by atoms with Crippen LogP contribution in [0.3, 0.4) is 0 Å². The molecular weight excluding hydrogens is 440 g/mol. The topological polar surface area (TPSA) is 83.4 Å². The third-order valence-corrected chi connectivity index (χ3v) is 6.24. The standard InChI is InChI=1S/C26H32N8O/c1-18(2)34-23-22(29-26(34)28-19-8-6-5-7-9-19)24(35-4)31-25(30-23)27-20-10-12-21(13-11-20)33-16-14-32(3)15-17-33/h5-13,18H,14-17H2,1-4H3,(H,28,29)(H,27,30,31). The van der Waals surface area contributed by atoms with Crippen LogP contribution < -0.4 is 20.3 Å². The maximum absolute atomic E-state index is 5.61. The Bertz CT molecular complexity index is 1280. The average Bonchev–Trinajstić information content (AvgIpc) is 3.23. The van der Waals surface area contributed by atoms with Gasteiger partial charge in [-0.3, -0.25) is 4.57 Å². The Morgan fingerprint density at radius 2 is 1.51 bits per heavy atom. The van der Waals surface area contributed by atoms with Crippen molar-refractivity contribution >= 4 is 40.1 Å². The molecule has 0 radical (unpaired) electrons. The van der Waals surface area contributed by atoms with Gasteiger partial charge in [0.2, 0.25) is 17.8 Å². The minimum Gasteiger partial charge on any atom is -0.479 e. The van der Waals surface area contributed by atoms with E-state index in [0.717, 1.165) is 37.6 Å². The van der Waals surface area contributed by atoms with Gasteiger partial charge in [-0.2, -0.15) is 9.97 Å². The zero-order valence-electron chi connectivity index (χ0n) is 20.7. The van der Waals surface area contributed by atoms with Crippen LogP contribution >= 0.6 is 0 Å². The lowest BCUT2D eigenvalue weighted by atomic mass is 10.2. The lowest BCUT2D eigenvalue weighted by Gasteiger charge is -2.34. The lowest BCUT2D eigenvalue weighted by molar-refractivity contribution is 0.313. The van der Waals surface area contributed by atoms with Gasteiger partial charge in [0.25, 0.3) is 0 Å². The summed E-state index contributed by atoms with van der Waals surface area (Å²) in [6.45, 7) is 8.46. The number of methoxy groups -OCH3 is 1. The Balaban J connectivity index is 1.44. The van der Waals surface area contributed by atoms with E-state index in [2.05, 4.69) is 75.1 Å². The van der Waals surface area contributed by atoms with Crippen molar-refractivity contribution in [1.82, 2.24) is 24.4 Å². The lowest BCUT2D eigenvalue weighted by Crippen LogP contribution is -2.44. The number of imidazole rings is 1. The van der Waals surface area contributed by atoms with Crippen molar-refractivity contribution in [3.63, 3.8) is 0 Å². The number of fused-ring (bicyclic) bond motifs is 1. The van der Waals surface area contributed by atoms with Gasteiger partial charge < -0.3 is 25.2 Å². The van der Waals surface area contributed by atoms with Crippen LogP contribution in [0.4, 0.5) is 29.0 Å². The number of piperazine rings is 1. The van der Waals surface area contributed by atoms with Crippen molar-refractivity contribution in [1.29, 1.82) is 0 Å². The summed E-state index contributed by atoms with van der Waals surface area (Å²) in [4.78, 5) is 19.0. The predicted molar refractivity (Wildman–Crippen MR) is 141 cm³/mol. The van der Waals surface area contributed by atoms with Crippen molar-refractivity contribution in [2.75, 3.05) is 55.9 Å². The minimum absolute atomic E-state index is 0.126. The van der Waals surface area contributed by atoms with Crippen LogP contribution in [0, 0.1) is 0 Å². The van der Waals surface area contributed by atoms with E-state index in [1.807, 2.05) is 30.3 Å². The Morgan fingerprint density at radius 3 is 2.17 bits per heavy atom. The first-order valence-corrected chi connectivity index (χ1v) is 12.0. The highest BCUT2D eigenvalue weighted by molar-refractivity contribution is 5.82. The monoisotopic (exact) mass is 472 g/mol. The molecule has 2 N–H and O–H groups in total. The molecule has 3 heterocycles. The molecule has 1 aliphatic heterocycles. The maximum atomic E-state index is 5.61. The first kappa shape index (κ1) is 22.9. The summed E-state index contributed by atoms with van der Waals surface area (Å²) in [5, 5.41) is 6.75. The van der Waals surface area contributed by atoms with Gasteiger partial charge in [0.05, 0.1) is 7.11 Å². The molecule has 35 heavy (non-hydrogen) atoms. The van der Waals surface area contributed by atoms with Crippen molar-refractivity contribution in [2.24, 2.45) is 0 Å². The molecule has 0 saturated carbocycles. The number of para-hydroxylation sites is 1. The van der Waals surface area contributed by atoms with Crippen molar-refractivity contribution in [3.05, 3.63) is 54.6 Å². The van der Waals surface area contributed by atoms with E-state index >= 15 is 0 Å². The number of aromatic nitrogens is 4. The first-order valence-electron chi connectivity index (χ1n) is 12.0. The van der Waals surface area contributed by atoms with E-state index in [0.29, 0.717) is 28.9 Å². The fourth-order valence-electron chi connectivity index (χ4n) is 4.32. The van der Waals surface area contributed by atoms with Crippen molar-refractivity contribution in [3.8, 4) is 5.88 Å². The summed E-state index contributed by atoms with van der Waals surface area (Å²) >= 11 is 0. The van der Waals surface area contributed by atoms with E-state index in [-0.39, 0.29) is 6.04 Å². The van der Waals surface area contributed by atoms with Gasteiger partial charge in [0, 0.05) is 49.3 Å². The molecule has 9 heteroatoms. The molecule has 9 nitrogen and oxygen atoms in total. The summed E-state index contributed by atoms with van der Waals surface area (Å²) in [6.07, 6.45) is 0. The SMILES string of the molecule is COc1nc(Nc2ccc(N3CCN(C)CC3)cc2)nc2c1nc(Nc1ccccc1)n2C(C)C. The first-order chi connectivity index (χ1) is 17.0. The molecule has 1 aliphatic rings. The highest BCUT2D eigenvalue weighted by atomic mass is 16.5. The molecule has 1 saturated heterocycles. The van der Waals surface area contributed by atoms with Crippen molar-refractivity contribution < 1.29 is 4.74 Å². The maximum Gasteiger partial charge on any atom is 0.247 e. The van der Waals surface area contributed by atoms with E-state index in [1.165, 1.54) is 5.69 Å². The molecule has 2 aromatic heterocycles. The fraction of sp³-hybridized carbons (Fsp3) is 0.346. The van der Waals surface area contributed by atoms with Crippen LogP contribution in [0.15, 0.2) is 54.6 Å². The molecule has 0 bridgehead atoms. The quantitative estimate of drug-likeness (QED) is 0.402. The van der Waals surface area contributed by atoms with Crippen molar-refractivity contribution in [2.45, 2.75) is 19.9 Å². The van der Waals surface area contributed by atoms with E-state index in [9.17, 15) is 0 Å². The average molecular weight is 473 g/mol.